The summed E-state index contributed by atoms with van der Waals surface area (Å²) in [5, 5.41) is 3.47. The molecule has 1 atom stereocenters. The van der Waals surface area contributed by atoms with Crippen molar-refractivity contribution < 1.29 is 9.53 Å². The first-order valence-electron chi connectivity index (χ1n) is 11.8. The molecule has 0 aliphatic rings. The van der Waals surface area contributed by atoms with Crippen molar-refractivity contribution in [3.05, 3.63) is 94.5 Å². The van der Waals surface area contributed by atoms with E-state index in [9.17, 15) is 9.59 Å². The topological polar surface area (TPSA) is 76.5 Å². The van der Waals surface area contributed by atoms with E-state index in [1.54, 1.807) is 34.8 Å². The molecule has 0 aliphatic heterocycles. The number of nitrogens with one attached hydrogen (secondary N) is 1. The number of rotatable bonds is 7. The summed E-state index contributed by atoms with van der Waals surface area (Å²) in [6, 6.07) is 21.6. The van der Waals surface area contributed by atoms with Crippen LogP contribution >= 0.6 is 0 Å². The molecule has 0 radical (unpaired) electrons. The maximum Gasteiger partial charge on any atom is 0.322 e. The summed E-state index contributed by atoms with van der Waals surface area (Å²) in [6.07, 6.45) is 0.904. The molecule has 1 aromatic heterocycles. The second-order valence-electron chi connectivity index (χ2n) is 8.24. The molecule has 0 saturated carbocycles. The predicted octanol–water partition coefficient (Wildman–Crippen LogP) is 5.57. The summed E-state index contributed by atoms with van der Waals surface area (Å²) in [5.41, 5.74) is 2.90. The zero-order valence-corrected chi connectivity index (χ0v) is 20.5. The van der Waals surface area contributed by atoms with Crippen molar-refractivity contribution in [3.63, 3.8) is 0 Å². The molecule has 0 saturated heterocycles. The minimum Gasteiger partial charge on any atom is -0.495 e. The Morgan fingerprint density at radius 2 is 1.71 bits per heavy atom. The van der Waals surface area contributed by atoms with Gasteiger partial charge in [0.05, 0.1) is 35.4 Å². The SMILES string of the molecule is CCc1ccc(-n2c(C(C)N(CC)C(=O)Nc3ccccc3OC)nc3ccccc3c2=O)cc1. The van der Waals surface area contributed by atoms with Gasteiger partial charge in [-0.25, -0.2) is 9.78 Å². The van der Waals surface area contributed by atoms with Crippen molar-refractivity contribution >= 4 is 22.6 Å². The number of aryl methyl sites for hydroxylation is 1. The van der Waals surface area contributed by atoms with E-state index in [1.807, 2.05) is 68.4 Å². The second-order valence-corrected chi connectivity index (χ2v) is 8.24. The van der Waals surface area contributed by atoms with E-state index in [2.05, 4.69) is 12.2 Å². The van der Waals surface area contributed by atoms with Crippen LogP contribution in [0.4, 0.5) is 10.5 Å². The van der Waals surface area contributed by atoms with Gasteiger partial charge in [0.1, 0.15) is 11.6 Å². The first-order valence-corrected chi connectivity index (χ1v) is 11.8. The maximum atomic E-state index is 13.7. The fourth-order valence-electron chi connectivity index (χ4n) is 4.23. The lowest BCUT2D eigenvalue weighted by Gasteiger charge is -2.30. The number of ether oxygens (including phenoxy) is 1. The van der Waals surface area contributed by atoms with Gasteiger partial charge in [0, 0.05) is 6.54 Å². The van der Waals surface area contributed by atoms with E-state index in [4.69, 9.17) is 9.72 Å². The molecule has 7 nitrogen and oxygen atoms in total. The lowest BCUT2D eigenvalue weighted by molar-refractivity contribution is 0.193. The molecule has 2 amide bonds. The molecule has 7 heteroatoms. The molecule has 35 heavy (non-hydrogen) atoms. The van der Waals surface area contributed by atoms with Gasteiger partial charge in [-0.1, -0.05) is 43.3 Å². The van der Waals surface area contributed by atoms with Gasteiger partial charge in [-0.15, -0.1) is 0 Å². The van der Waals surface area contributed by atoms with Crippen molar-refractivity contribution in [2.24, 2.45) is 0 Å². The quantitative estimate of drug-likeness (QED) is 0.383. The summed E-state index contributed by atoms with van der Waals surface area (Å²) in [6.45, 7) is 6.29. The zero-order valence-electron chi connectivity index (χ0n) is 20.5. The van der Waals surface area contributed by atoms with E-state index in [1.165, 1.54) is 5.56 Å². The van der Waals surface area contributed by atoms with Crippen molar-refractivity contribution in [2.45, 2.75) is 33.2 Å². The first-order chi connectivity index (χ1) is 17.0. The van der Waals surface area contributed by atoms with Crippen molar-refractivity contribution in [2.75, 3.05) is 19.0 Å². The molecular formula is C28H30N4O3. The lowest BCUT2D eigenvalue weighted by Crippen LogP contribution is -2.39. The number of carbonyl (C=O) groups is 1. The molecule has 1 heterocycles. The van der Waals surface area contributed by atoms with Gasteiger partial charge in [0.25, 0.3) is 5.56 Å². The Kier molecular flexibility index (Phi) is 7.15. The number of hydrogen-bond donors (Lipinski definition) is 1. The molecule has 1 unspecified atom stereocenters. The van der Waals surface area contributed by atoms with Crippen LogP contribution in [0.15, 0.2) is 77.6 Å². The zero-order chi connectivity index (χ0) is 24.9. The van der Waals surface area contributed by atoms with Crippen LogP contribution in [0.2, 0.25) is 0 Å². The first kappa shape index (κ1) is 24.0. The van der Waals surface area contributed by atoms with Gasteiger partial charge < -0.3 is 15.0 Å². The largest absolute Gasteiger partial charge is 0.495 e. The summed E-state index contributed by atoms with van der Waals surface area (Å²) < 4.78 is 6.99. The van der Waals surface area contributed by atoms with Gasteiger partial charge in [0.2, 0.25) is 0 Å². The van der Waals surface area contributed by atoms with Crippen LogP contribution in [0.1, 0.15) is 38.2 Å². The molecule has 4 rings (SSSR count). The highest BCUT2D eigenvalue weighted by Gasteiger charge is 2.26. The number of hydrogen-bond acceptors (Lipinski definition) is 4. The molecule has 3 aromatic carbocycles. The van der Waals surface area contributed by atoms with Crippen LogP contribution in [-0.2, 0) is 6.42 Å². The van der Waals surface area contributed by atoms with E-state index in [0.717, 1.165) is 6.42 Å². The second kappa shape index (κ2) is 10.4. The van der Waals surface area contributed by atoms with Crippen molar-refractivity contribution in [1.29, 1.82) is 0 Å². The monoisotopic (exact) mass is 470 g/mol. The molecule has 4 aromatic rings. The van der Waals surface area contributed by atoms with Crippen LogP contribution in [0.5, 0.6) is 5.75 Å². The molecule has 1 N–H and O–H groups in total. The van der Waals surface area contributed by atoms with Gasteiger partial charge in [-0.3, -0.25) is 9.36 Å². The minimum absolute atomic E-state index is 0.164. The third-order valence-corrected chi connectivity index (χ3v) is 6.20. The fourth-order valence-corrected chi connectivity index (χ4v) is 4.23. The summed E-state index contributed by atoms with van der Waals surface area (Å²) >= 11 is 0. The summed E-state index contributed by atoms with van der Waals surface area (Å²) in [4.78, 5) is 33.5. The number of nitrogens with zero attached hydrogens (tertiary/aromatic N) is 3. The third-order valence-electron chi connectivity index (χ3n) is 6.20. The smallest absolute Gasteiger partial charge is 0.322 e. The lowest BCUT2D eigenvalue weighted by atomic mass is 10.1. The van der Waals surface area contributed by atoms with E-state index in [0.29, 0.717) is 40.4 Å². The van der Waals surface area contributed by atoms with Gasteiger partial charge in [-0.05, 0) is 62.2 Å². The number of anilines is 1. The molecule has 0 aliphatic carbocycles. The Morgan fingerprint density at radius 1 is 1.03 bits per heavy atom. The Balaban J connectivity index is 1.80. The number of amides is 2. The number of fused-ring (bicyclic) bond motifs is 1. The Hall–Kier alpha value is -4.13. The number of benzene rings is 3. The molecule has 0 fully saturated rings. The molecule has 0 spiro atoms. The molecular weight excluding hydrogens is 440 g/mol. The average Bonchev–Trinajstić information content (AvgIpc) is 2.89. The summed E-state index contributed by atoms with van der Waals surface area (Å²) in [5.74, 6) is 1.07. The van der Waals surface area contributed by atoms with Crippen LogP contribution in [0.25, 0.3) is 16.6 Å². The maximum absolute atomic E-state index is 13.7. The van der Waals surface area contributed by atoms with Crippen LogP contribution in [-0.4, -0.2) is 34.1 Å². The third kappa shape index (κ3) is 4.75. The Morgan fingerprint density at radius 3 is 2.40 bits per heavy atom. The number of carbonyl (C=O) groups excluding carboxylic acids is 1. The predicted molar refractivity (Wildman–Crippen MR) is 140 cm³/mol. The highest BCUT2D eigenvalue weighted by atomic mass is 16.5. The Bertz CT molecular complexity index is 1400. The van der Waals surface area contributed by atoms with E-state index in [-0.39, 0.29) is 11.6 Å². The number of aromatic nitrogens is 2. The highest BCUT2D eigenvalue weighted by Crippen LogP contribution is 2.27. The normalized spacial score (nSPS) is 11.8. The number of methoxy groups -OCH3 is 1. The fraction of sp³-hybridized carbons (Fsp3) is 0.250. The molecule has 180 valence electrons. The van der Waals surface area contributed by atoms with Gasteiger partial charge in [0.15, 0.2) is 0 Å². The molecule has 0 bridgehead atoms. The number of para-hydroxylation sites is 3. The average molecular weight is 471 g/mol. The van der Waals surface area contributed by atoms with Gasteiger partial charge >= 0.3 is 6.03 Å². The summed E-state index contributed by atoms with van der Waals surface area (Å²) in [7, 11) is 1.56. The van der Waals surface area contributed by atoms with Crippen molar-refractivity contribution in [3.8, 4) is 11.4 Å². The minimum atomic E-state index is -0.488. The van der Waals surface area contributed by atoms with Crippen LogP contribution in [0.3, 0.4) is 0 Å². The van der Waals surface area contributed by atoms with E-state index < -0.39 is 6.04 Å². The highest BCUT2D eigenvalue weighted by molar-refractivity contribution is 5.91. The van der Waals surface area contributed by atoms with E-state index >= 15 is 0 Å². The standard InChI is InChI=1S/C28H30N4O3/c1-5-20-15-17-21(18-16-20)32-26(29-23-12-8-7-11-22(23)27(32)33)19(3)31(6-2)28(34)30-24-13-9-10-14-25(24)35-4/h7-19H,5-6H2,1-4H3,(H,30,34). The Labute approximate surface area is 205 Å². The number of urea groups is 1. The van der Waals surface area contributed by atoms with Crippen LogP contribution < -0.4 is 15.6 Å². The van der Waals surface area contributed by atoms with Crippen molar-refractivity contribution in [1.82, 2.24) is 14.5 Å². The van der Waals surface area contributed by atoms with Crippen LogP contribution in [0, 0.1) is 0 Å². The van der Waals surface area contributed by atoms with Gasteiger partial charge in [-0.2, -0.15) is 0 Å².